The van der Waals surface area contributed by atoms with Crippen molar-refractivity contribution in [1.82, 2.24) is 14.8 Å². The third-order valence-corrected chi connectivity index (χ3v) is 4.53. The molecule has 1 aliphatic rings. The van der Waals surface area contributed by atoms with Crippen molar-refractivity contribution in [3.8, 4) is 0 Å². The number of likely N-dealkylation sites (N-methyl/N-ethyl adjacent to an activating group) is 1. The van der Waals surface area contributed by atoms with Crippen molar-refractivity contribution in [3.05, 3.63) is 11.1 Å². The van der Waals surface area contributed by atoms with E-state index in [1.807, 2.05) is 17.3 Å². The van der Waals surface area contributed by atoms with Crippen LogP contribution in [0.4, 0.5) is 5.13 Å². The van der Waals surface area contributed by atoms with Crippen molar-refractivity contribution in [2.24, 2.45) is 0 Å². The van der Waals surface area contributed by atoms with Crippen molar-refractivity contribution < 1.29 is 9.90 Å². The molecule has 1 fully saturated rings. The van der Waals surface area contributed by atoms with Crippen molar-refractivity contribution in [1.29, 1.82) is 0 Å². The molecule has 1 saturated heterocycles. The highest BCUT2D eigenvalue weighted by Gasteiger charge is 2.14. The number of aliphatic hydroxyl groups excluding tert-OH is 1. The lowest BCUT2D eigenvalue weighted by atomic mass is 10.3. The topological polar surface area (TPSA) is 68.7 Å². The van der Waals surface area contributed by atoms with Gasteiger partial charge in [0.2, 0.25) is 5.91 Å². The molecule has 7 heteroatoms. The summed E-state index contributed by atoms with van der Waals surface area (Å²) in [4.78, 5) is 20.7. The quantitative estimate of drug-likeness (QED) is 0.755. The Morgan fingerprint density at radius 1 is 1.55 bits per heavy atom. The van der Waals surface area contributed by atoms with E-state index in [0.29, 0.717) is 24.6 Å². The molecule has 1 unspecified atom stereocenters. The van der Waals surface area contributed by atoms with Crippen LogP contribution >= 0.6 is 11.3 Å². The van der Waals surface area contributed by atoms with Crippen molar-refractivity contribution in [2.75, 3.05) is 38.5 Å². The van der Waals surface area contributed by atoms with E-state index in [4.69, 9.17) is 0 Å². The Kier molecular flexibility index (Phi) is 6.75. The van der Waals surface area contributed by atoms with Gasteiger partial charge in [-0.1, -0.05) is 0 Å². The van der Waals surface area contributed by atoms with Crippen LogP contribution in [0.5, 0.6) is 0 Å². The van der Waals surface area contributed by atoms with Crippen molar-refractivity contribution in [2.45, 2.75) is 38.8 Å². The van der Waals surface area contributed by atoms with Gasteiger partial charge in [0.15, 0.2) is 5.13 Å². The second-order valence-corrected chi connectivity index (χ2v) is 6.91. The normalized spacial score (nSPS) is 17.1. The summed E-state index contributed by atoms with van der Waals surface area (Å²) in [7, 11) is 1.88. The Morgan fingerprint density at radius 2 is 2.27 bits per heavy atom. The first-order valence-corrected chi connectivity index (χ1v) is 8.74. The molecule has 0 aliphatic carbocycles. The smallest absolute Gasteiger partial charge is 0.240 e. The number of anilines is 1. The molecular formula is C15H26N4O2S. The van der Waals surface area contributed by atoms with Crippen LogP contribution in [0, 0.1) is 0 Å². The molecule has 0 bridgehead atoms. The summed E-state index contributed by atoms with van der Waals surface area (Å²) >= 11 is 1.48. The predicted molar refractivity (Wildman–Crippen MR) is 89.0 cm³/mol. The highest BCUT2D eigenvalue weighted by atomic mass is 32.1. The highest BCUT2D eigenvalue weighted by Crippen LogP contribution is 2.18. The van der Waals surface area contributed by atoms with Crippen LogP contribution in [0.1, 0.15) is 31.9 Å². The molecule has 1 aliphatic heterocycles. The molecule has 2 rings (SSSR count). The van der Waals surface area contributed by atoms with Crippen molar-refractivity contribution in [3.63, 3.8) is 0 Å². The third kappa shape index (κ3) is 6.00. The molecule has 22 heavy (non-hydrogen) atoms. The van der Waals surface area contributed by atoms with Crippen LogP contribution in [0.3, 0.4) is 0 Å². The van der Waals surface area contributed by atoms with E-state index in [2.05, 4.69) is 15.2 Å². The lowest BCUT2D eigenvalue weighted by Gasteiger charge is -2.16. The van der Waals surface area contributed by atoms with Crippen LogP contribution in [-0.4, -0.2) is 65.1 Å². The van der Waals surface area contributed by atoms with Crippen LogP contribution in [-0.2, 0) is 11.3 Å². The lowest BCUT2D eigenvalue weighted by Crippen LogP contribution is -2.32. The number of aromatic nitrogens is 1. The molecule has 0 radical (unpaired) electrons. The largest absolute Gasteiger partial charge is 0.393 e. The predicted octanol–water partition coefficient (Wildman–Crippen LogP) is 1.38. The van der Waals surface area contributed by atoms with E-state index in [9.17, 15) is 9.90 Å². The lowest BCUT2D eigenvalue weighted by molar-refractivity contribution is -0.117. The van der Waals surface area contributed by atoms with E-state index in [-0.39, 0.29) is 12.0 Å². The molecule has 6 nitrogen and oxygen atoms in total. The van der Waals surface area contributed by atoms with Gasteiger partial charge in [0.1, 0.15) is 0 Å². The monoisotopic (exact) mass is 326 g/mol. The van der Waals surface area contributed by atoms with Gasteiger partial charge in [-0.2, -0.15) is 0 Å². The fourth-order valence-corrected chi connectivity index (χ4v) is 3.21. The number of nitrogens with zero attached hydrogens (tertiary/aromatic N) is 3. The molecule has 0 spiro atoms. The van der Waals surface area contributed by atoms with Gasteiger partial charge < -0.3 is 10.4 Å². The van der Waals surface area contributed by atoms with E-state index in [1.165, 1.54) is 24.2 Å². The minimum absolute atomic E-state index is 0.0600. The zero-order valence-electron chi connectivity index (χ0n) is 13.4. The number of amides is 1. The third-order valence-electron chi connectivity index (χ3n) is 3.72. The summed E-state index contributed by atoms with van der Waals surface area (Å²) < 4.78 is 0. The number of rotatable bonds is 8. The fourth-order valence-electron chi connectivity index (χ4n) is 2.50. The Balaban J connectivity index is 1.73. The summed E-state index contributed by atoms with van der Waals surface area (Å²) in [6.07, 6.45) is 2.87. The molecule has 124 valence electrons. The summed E-state index contributed by atoms with van der Waals surface area (Å²) in [6.45, 7) is 5.93. The number of aliphatic hydroxyl groups is 1. The number of carbonyl (C=O) groups is 1. The Morgan fingerprint density at radius 3 is 2.95 bits per heavy atom. The molecule has 1 amide bonds. The van der Waals surface area contributed by atoms with Gasteiger partial charge in [-0.05, 0) is 46.3 Å². The molecule has 2 heterocycles. The maximum Gasteiger partial charge on any atom is 0.240 e. The highest BCUT2D eigenvalue weighted by molar-refractivity contribution is 7.13. The van der Waals surface area contributed by atoms with Gasteiger partial charge >= 0.3 is 0 Å². The number of likely N-dealkylation sites (tertiary alicyclic amines) is 1. The average molecular weight is 326 g/mol. The fraction of sp³-hybridized carbons (Fsp3) is 0.733. The maximum absolute atomic E-state index is 12.0. The van der Waals surface area contributed by atoms with Gasteiger partial charge in [-0.25, -0.2) is 4.98 Å². The molecule has 0 aromatic carbocycles. The second kappa shape index (κ2) is 8.57. The zero-order chi connectivity index (χ0) is 15.9. The minimum atomic E-state index is -0.336. The SMILES string of the molecule is CC(O)CCN(C)CC(=O)Nc1nc(CN2CCCC2)cs1. The van der Waals surface area contributed by atoms with Gasteiger partial charge in [0, 0.05) is 18.5 Å². The summed E-state index contributed by atoms with van der Waals surface area (Å²) in [5.74, 6) is -0.0600. The van der Waals surface area contributed by atoms with Gasteiger partial charge in [0.25, 0.3) is 0 Å². The maximum atomic E-state index is 12.0. The minimum Gasteiger partial charge on any atom is -0.393 e. The van der Waals surface area contributed by atoms with Gasteiger partial charge in [-0.15, -0.1) is 11.3 Å². The second-order valence-electron chi connectivity index (χ2n) is 6.05. The molecule has 2 N–H and O–H groups in total. The number of carbonyl (C=O) groups excluding carboxylic acids is 1. The van der Waals surface area contributed by atoms with Crippen LogP contribution in [0.25, 0.3) is 0 Å². The Hall–Kier alpha value is -1.02. The first kappa shape index (κ1) is 17.3. The molecule has 0 saturated carbocycles. The van der Waals surface area contributed by atoms with Gasteiger partial charge in [-0.3, -0.25) is 14.6 Å². The van der Waals surface area contributed by atoms with Crippen LogP contribution in [0.2, 0.25) is 0 Å². The number of thiazole rings is 1. The van der Waals surface area contributed by atoms with Crippen LogP contribution < -0.4 is 5.32 Å². The summed E-state index contributed by atoms with van der Waals surface area (Å²) in [5.41, 5.74) is 1.03. The van der Waals surface area contributed by atoms with E-state index in [0.717, 1.165) is 25.3 Å². The first-order valence-electron chi connectivity index (χ1n) is 7.86. The van der Waals surface area contributed by atoms with E-state index in [1.54, 1.807) is 6.92 Å². The van der Waals surface area contributed by atoms with E-state index >= 15 is 0 Å². The number of hydrogen-bond acceptors (Lipinski definition) is 6. The zero-order valence-corrected chi connectivity index (χ0v) is 14.2. The average Bonchev–Trinajstić information content (AvgIpc) is 3.09. The number of hydrogen-bond donors (Lipinski definition) is 2. The molecule has 1 atom stereocenters. The summed E-state index contributed by atoms with van der Waals surface area (Å²) in [5, 5.41) is 14.8. The van der Waals surface area contributed by atoms with E-state index < -0.39 is 0 Å². The van der Waals surface area contributed by atoms with Gasteiger partial charge in [0.05, 0.1) is 18.3 Å². The summed E-state index contributed by atoms with van der Waals surface area (Å²) in [6, 6.07) is 0. The van der Waals surface area contributed by atoms with Crippen molar-refractivity contribution >= 4 is 22.4 Å². The Labute approximate surface area is 136 Å². The Bertz CT molecular complexity index is 472. The standard InChI is InChI=1S/C15H26N4O2S/c1-12(20)5-8-18(2)10-14(21)17-15-16-13(11-22-15)9-19-6-3-4-7-19/h11-12,20H,3-10H2,1-2H3,(H,16,17,21). The van der Waals surface area contributed by atoms with Crippen LogP contribution in [0.15, 0.2) is 5.38 Å². The molecule has 1 aromatic heterocycles. The molecular weight excluding hydrogens is 300 g/mol. The molecule has 1 aromatic rings. The first-order chi connectivity index (χ1) is 10.5. The number of nitrogens with one attached hydrogen (secondary N) is 1.